The molecule has 1 aromatic carbocycles. The maximum atomic E-state index is 12.2. The molecular weight excluding hydrogens is 318 g/mol. The zero-order chi connectivity index (χ0) is 15.3. The third kappa shape index (κ3) is 5.16. The first-order chi connectivity index (χ1) is 9.24. The summed E-state index contributed by atoms with van der Waals surface area (Å²) < 4.78 is 6.49. The molecule has 1 amide bonds. The van der Waals surface area contributed by atoms with Crippen molar-refractivity contribution in [2.75, 3.05) is 7.05 Å². The molecule has 3 nitrogen and oxygen atoms in total. The molecule has 112 valence electrons. The van der Waals surface area contributed by atoms with Gasteiger partial charge in [-0.3, -0.25) is 0 Å². The van der Waals surface area contributed by atoms with Crippen LogP contribution in [0.2, 0.25) is 0 Å². The number of amides is 1. The van der Waals surface area contributed by atoms with Gasteiger partial charge in [0.1, 0.15) is 5.60 Å². The standard InChI is InChI=1S/C16H24BrNO2/c1-6-7-14(12-8-10-13(17)11-9-12)18(5)15(19)20-16(2,3)4/h8-11,14H,6-7H2,1-5H3. The summed E-state index contributed by atoms with van der Waals surface area (Å²) in [5.41, 5.74) is 0.658. The Balaban J connectivity index is 2.90. The van der Waals surface area contributed by atoms with Crippen molar-refractivity contribution in [2.24, 2.45) is 0 Å². The van der Waals surface area contributed by atoms with Crippen LogP contribution < -0.4 is 0 Å². The summed E-state index contributed by atoms with van der Waals surface area (Å²) in [5, 5.41) is 0. The Morgan fingerprint density at radius 3 is 2.30 bits per heavy atom. The van der Waals surface area contributed by atoms with Gasteiger partial charge in [0.05, 0.1) is 6.04 Å². The molecule has 0 fully saturated rings. The topological polar surface area (TPSA) is 29.5 Å². The highest BCUT2D eigenvalue weighted by atomic mass is 79.9. The summed E-state index contributed by atoms with van der Waals surface area (Å²) >= 11 is 3.43. The Labute approximate surface area is 130 Å². The van der Waals surface area contributed by atoms with Gasteiger partial charge in [0, 0.05) is 11.5 Å². The number of hydrogen-bond acceptors (Lipinski definition) is 2. The number of carbonyl (C=O) groups excluding carboxylic acids is 1. The second-order valence-electron chi connectivity index (χ2n) is 5.95. The number of ether oxygens (including phenoxy) is 1. The predicted octanol–water partition coefficient (Wildman–Crippen LogP) is 5.16. The van der Waals surface area contributed by atoms with Crippen LogP contribution in [-0.2, 0) is 4.74 Å². The molecule has 4 heteroatoms. The normalized spacial score (nSPS) is 12.9. The Bertz CT molecular complexity index is 437. The van der Waals surface area contributed by atoms with Crippen molar-refractivity contribution in [3.8, 4) is 0 Å². The highest BCUT2D eigenvalue weighted by molar-refractivity contribution is 9.10. The minimum atomic E-state index is -0.470. The van der Waals surface area contributed by atoms with Crippen LogP contribution >= 0.6 is 15.9 Å². The lowest BCUT2D eigenvalue weighted by Crippen LogP contribution is -2.36. The maximum Gasteiger partial charge on any atom is 0.410 e. The highest BCUT2D eigenvalue weighted by Crippen LogP contribution is 2.27. The summed E-state index contributed by atoms with van der Waals surface area (Å²) in [6, 6.07) is 8.14. The molecule has 0 spiro atoms. The first-order valence-electron chi connectivity index (χ1n) is 6.96. The van der Waals surface area contributed by atoms with Gasteiger partial charge in [0.25, 0.3) is 0 Å². The Morgan fingerprint density at radius 1 is 1.30 bits per heavy atom. The van der Waals surface area contributed by atoms with Crippen molar-refractivity contribution in [3.05, 3.63) is 34.3 Å². The van der Waals surface area contributed by atoms with Gasteiger partial charge in [-0.05, 0) is 44.9 Å². The summed E-state index contributed by atoms with van der Waals surface area (Å²) in [6.07, 6.45) is 1.64. The average Bonchev–Trinajstić information content (AvgIpc) is 2.34. The maximum absolute atomic E-state index is 12.2. The van der Waals surface area contributed by atoms with Crippen molar-refractivity contribution in [3.63, 3.8) is 0 Å². The largest absolute Gasteiger partial charge is 0.444 e. The van der Waals surface area contributed by atoms with E-state index >= 15 is 0 Å². The van der Waals surface area contributed by atoms with Gasteiger partial charge in [-0.25, -0.2) is 4.79 Å². The lowest BCUT2D eigenvalue weighted by molar-refractivity contribution is 0.0211. The van der Waals surface area contributed by atoms with E-state index in [0.29, 0.717) is 0 Å². The van der Waals surface area contributed by atoms with Crippen LogP contribution in [-0.4, -0.2) is 23.6 Å². The number of nitrogens with zero attached hydrogens (tertiary/aromatic N) is 1. The zero-order valence-corrected chi connectivity index (χ0v) is 14.5. The summed E-state index contributed by atoms with van der Waals surface area (Å²) in [6.45, 7) is 7.77. The molecule has 0 saturated heterocycles. The Morgan fingerprint density at radius 2 is 1.85 bits per heavy atom. The van der Waals surface area contributed by atoms with E-state index in [2.05, 4.69) is 22.9 Å². The second-order valence-corrected chi connectivity index (χ2v) is 6.86. The molecule has 0 N–H and O–H groups in total. The minimum Gasteiger partial charge on any atom is -0.444 e. The van der Waals surface area contributed by atoms with Gasteiger partial charge in [0.2, 0.25) is 0 Å². The van der Waals surface area contributed by atoms with Crippen LogP contribution in [0, 0.1) is 0 Å². The van der Waals surface area contributed by atoms with Crippen LogP contribution in [0.3, 0.4) is 0 Å². The van der Waals surface area contributed by atoms with Crippen molar-refractivity contribution < 1.29 is 9.53 Å². The fourth-order valence-electron chi connectivity index (χ4n) is 2.00. The van der Waals surface area contributed by atoms with Crippen LogP contribution in [0.4, 0.5) is 4.79 Å². The Hall–Kier alpha value is -1.03. The first kappa shape index (κ1) is 17.0. The van der Waals surface area contributed by atoms with Gasteiger partial charge in [-0.1, -0.05) is 41.4 Å². The van der Waals surface area contributed by atoms with Gasteiger partial charge in [-0.15, -0.1) is 0 Å². The van der Waals surface area contributed by atoms with E-state index in [-0.39, 0.29) is 12.1 Å². The molecule has 0 heterocycles. The monoisotopic (exact) mass is 341 g/mol. The van der Waals surface area contributed by atoms with E-state index < -0.39 is 5.60 Å². The van der Waals surface area contributed by atoms with E-state index in [9.17, 15) is 4.79 Å². The molecule has 0 aliphatic heterocycles. The minimum absolute atomic E-state index is 0.0444. The smallest absolute Gasteiger partial charge is 0.410 e. The van der Waals surface area contributed by atoms with E-state index in [1.54, 1.807) is 11.9 Å². The third-order valence-corrected chi connectivity index (χ3v) is 3.49. The predicted molar refractivity (Wildman–Crippen MR) is 85.8 cm³/mol. The van der Waals surface area contributed by atoms with Gasteiger partial charge in [0.15, 0.2) is 0 Å². The number of halogens is 1. The van der Waals surface area contributed by atoms with Crippen LogP contribution in [0.15, 0.2) is 28.7 Å². The van der Waals surface area contributed by atoms with Gasteiger partial charge in [-0.2, -0.15) is 0 Å². The van der Waals surface area contributed by atoms with Gasteiger partial charge >= 0.3 is 6.09 Å². The SMILES string of the molecule is CCCC(c1ccc(Br)cc1)N(C)C(=O)OC(C)(C)C. The van der Waals surface area contributed by atoms with Crippen molar-refractivity contribution >= 4 is 22.0 Å². The molecule has 0 saturated carbocycles. The van der Waals surface area contributed by atoms with Crippen LogP contribution in [0.25, 0.3) is 0 Å². The number of rotatable bonds is 4. The lowest BCUT2D eigenvalue weighted by Gasteiger charge is -2.31. The second kappa shape index (κ2) is 7.11. The molecule has 0 bridgehead atoms. The summed E-state index contributed by atoms with van der Waals surface area (Å²) in [5.74, 6) is 0. The van der Waals surface area contributed by atoms with Crippen molar-refractivity contribution in [2.45, 2.75) is 52.2 Å². The fraction of sp³-hybridized carbons (Fsp3) is 0.562. The molecule has 1 unspecified atom stereocenters. The van der Waals surface area contributed by atoms with E-state index in [1.165, 1.54) is 0 Å². The number of carbonyl (C=O) groups is 1. The molecule has 20 heavy (non-hydrogen) atoms. The fourth-order valence-corrected chi connectivity index (χ4v) is 2.27. The third-order valence-electron chi connectivity index (χ3n) is 2.97. The lowest BCUT2D eigenvalue weighted by atomic mass is 10.0. The Kier molecular flexibility index (Phi) is 6.06. The first-order valence-corrected chi connectivity index (χ1v) is 7.75. The van der Waals surface area contributed by atoms with Crippen LogP contribution in [0.1, 0.15) is 52.1 Å². The average molecular weight is 342 g/mol. The summed E-state index contributed by atoms with van der Waals surface area (Å²) in [4.78, 5) is 13.9. The molecular formula is C16H24BrNO2. The molecule has 0 aliphatic rings. The number of benzene rings is 1. The quantitative estimate of drug-likeness (QED) is 0.757. The summed E-state index contributed by atoms with van der Waals surface area (Å²) in [7, 11) is 1.80. The highest BCUT2D eigenvalue weighted by Gasteiger charge is 2.25. The van der Waals surface area contributed by atoms with Crippen molar-refractivity contribution in [1.29, 1.82) is 0 Å². The van der Waals surface area contributed by atoms with Gasteiger partial charge < -0.3 is 9.64 Å². The van der Waals surface area contributed by atoms with E-state index in [1.807, 2.05) is 45.0 Å². The molecule has 0 aromatic heterocycles. The molecule has 1 rings (SSSR count). The zero-order valence-electron chi connectivity index (χ0n) is 12.9. The molecule has 1 atom stereocenters. The van der Waals surface area contributed by atoms with E-state index in [0.717, 1.165) is 22.9 Å². The molecule has 0 radical (unpaired) electrons. The number of hydrogen-bond donors (Lipinski definition) is 0. The van der Waals surface area contributed by atoms with Crippen molar-refractivity contribution in [1.82, 2.24) is 4.90 Å². The molecule has 1 aromatic rings. The van der Waals surface area contributed by atoms with Crippen LogP contribution in [0.5, 0.6) is 0 Å². The molecule has 0 aliphatic carbocycles. The van der Waals surface area contributed by atoms with E-state index in [4.69, 9.17) is 4.74 Å².